The molecule has 1 rings (SSSR count). The summed E-state index contributed by atoms with van der Waals surface area (Å²) in [5.74, 6) is 0. The summed E-state index contributed by atoms with van der Waals surface area (Å²) in [4.78, 5) is 0. The van der Waals surface area contributed by atoms with Crippen LogP contribution in [0.15, 0.2) is 0 Å². The van der Waals surface area contributed by atoms with Crippen LogP contribution in [0.5, 0.6) is 0 Å². The lowest BCUT2D eigenvalue weighted by atomic mass is 9.94. The summed E-state index contributed by atoms with van der Waals surface area (Å²) < 4.78 is 5.82. The van der Waals surface area contributed by atoms with Crippen LogP contribution in [0.1, 0.15) is 52.4 Å². The van der Waals surface area contributed by atoms with Gasteiger partial charge in [-0.15, -0.1) is 0 Å². The smallest absolute Gasteiger partial charge is 0.0727 e. The van der Waals surface area contributed by atoms with Crippen molar-refractivity contribution < 1.29 is 4.74 Å². The number of hydrogen-bond donors (Lipinski definition) is 1. The highest BCUT2D eigenvalue weighted by molar-refractivity contribution is 4.78. The van der Waals surface area contributed by atoms with E-state index in [1.807, 2.05) is 0 Å². The Kier molecular flexibility index (Phi) is 6.20. The standard InChI is InChI=1S/C12H25NO/c1-3-13-11-9-7-5-6-8-10-12(11)14-4-2/h11-13H,3-10H2,1-2H3/t11-,12-/m1/s1. The van der Waals surface area contributed by atoms with Gasteiger partial charge in [-0.3, -0.25) is 0 Å². The van der Waals surface area contributed by atoms with Gasteiger partial charge in [-0.1, -0.05) is 32.6 Å². The minimum atomic E-state index is 0.459. The minimum Gasteiger partial charge on any atom is -0.377 e. The molecule has 1 saturated carbocycles. The van der Waals surface area contributed by atoms with Gasteiger partial charge in [0.1, 0.15) is 0 Å². The third-order valence-electron chi connectivity index (χ3n) is 3.05. The summed E-state index contributed by atoms with van der Waals surface area (Å²) in [6.07, 6.45) is 8.49. The summed E-state index contributed by atoms with van der Waals surface area (Å²) in [5.41, 5.74) is 0. The normalized spacial score (nSPS) is 29.6. The number of likely N-dealkylation sites (N-methyl/N-ethyl adjacent to an activating group) is 1. The molecule has 0 radical (unpaired) electrons. The fourth-order valence-corrected chi connectivity index (χ4v) is 2.36. The summed E-state index contributed by atoms with van der Waals surface area (Å²) in [7, 11) is 0. The van der Waals surface area contributed by atoms with Crippen LogP contribution < -0.4 is 5.32 Å². The molecular weight excluding hydrogens is 174 g/mol. The van der Waals surface area contributed by atoms with Crippen molar-refractivity contribution in [3.05, 3.63) is 0 Å². The van der Waals surface area contributed by atoms with Crippen molar-refractivity contribution >= 4 is 0 Å². The summed E-state index contributed by atoms with van der Waals surface area (Å²) in [6.45, 7) is 6.20. The molecule has 1 aliphatic rings. The van der Waals surface area contributed by atoms with Crippen molar-refractivity contribution in [3.63, 3.8) is 0 Å². The molecule has 14 heavy (non-hydrogen) atoms. The first-order valence-corrected chi connectivity index (χ1v) is 6.23. The molecular formula is C12H25NO. The highest BCUT2D eigenvalue weighted by Gasteiger charge is 2.21. The zero-order valence-corrected chi connectivity index (χ0v) is 9.72. The number of nitrogens with one attached hydrogen (secondary N) is 1. The van der Waals surface area contributed by atoms with Gasteiger partial charge in [-0.2, -0.15) is 0 Å². The predicted molar refractivity (Wildman–Crippen MR) is 60.6 cm³/mol. The average Bonchev–Trinajstić information content (AvgIpc) is 2.16. The molecule has 0 amide bonds. The van der Waals surface area contributed by atoms with Gasteiger partial charge in [0, 0.05) is 12.6 Å². The van der Waals surface area contributed by atoms with Crippen LogP contribution in [0.4, 0.5) is 0 Å². The van der Waals surface area contributed by atoms with Crippen molar-refractivity contribution in [2.75, 3.05) is 13.2 Å². The maximum Gasteiger partial charge on any atom is 0.0727 e. The summed E-state index contributed by atoms with van der Waals surface area (Å²) >= 11 is 0. The van der Waals surface area contributed by atoms with Gasteiger partial charge in [0.25, 0.3) is 0 Å². The van der Waals surface area contributed by atoms with E-state index < -0.39 is 0 Å². The van der Waals surface area contributed by atoms with Gasteiger partial charge >= 0.3 is 0 Å². The van der Waals surface area contributed by atoms with Crippen LogP contribution in [0.3, 0.4) is 0 Å². The van der Waals surface area contributed by atoms with Crippen molar-refractivity contribution in [1.82, 2.24) is 5.32 Å². The molecule has 2 nitrogen and oxygen atoms in total. The molecule has 84 valence electrons. The summed E-state index contributed by atoms with van der Waals surface area (Å²) in [6, 6.07) is 0.597. The van der Waals surface area contributed by atoms with Crippen LogP contribution in [0.2, 0.25) is 0 Å². The van der Waals surface area contributed by atoms with Gasteiger partial charge in [0.05, 0.1) is 6.10 Å². The fraction of sp³-hybridized carbons (Fsp3) is 1.00. The van der Waals surface area contributed by atoms with E-state index in [9.17, 15) is 0 Å². The number of rotatable bonds is 4. The maximum absolute atomic E-state index is 5.82. The molecule has 0 aromatic rings. The molecule has 0 aromatic carbocycles. The molecule has 0 saturated heterocycles. The Hall–Kier alpha value is -0.0800. The lowest BCUT2D eigenvalue weighted by Gasteiger charge is -2.29. The van der Waals surface area contributed by atoms with Crippen LogP contribution in [0.25, 0.3) is 0 Å². The van der Waals surface area contributed by atoms with E-state index in [1.54, 1.807) is 0 Å². The van der Waals surface area contributed by atoms with Crippen LogP contribution >= 0.6 is 0 Å². The Morgan fingerprint density at radius 3 is 2.43 bits per heavy atom. The first-order valence-electron chi connectivity index (χ1n) is 6.23. The van der Waals surface area contributed by atoms with Crippen LogP contribution in [-0.2, 0) is 4.74 Å². The van der Waals surface area contributed by atoms with E-state index in [-0.39, 0.29) is 0 Å². The minimum absolute atomic E-state index is 0.459. The van der Waals surface area contributed by atoms with E-state index in [2.05, 4.69) is 19.2 Å². The molecule has 0 spiro atoms. The quantitative estimate of drug-likeness (QED) is 0.751. The zero-order valence-electron chi connectivity index (χ0n) is 9.72. The molecule has 2 heteroatoms. The van der Waals surface area contributed by atoms with Gasteiger partial charge < -0.3 is 10.1 Å². The largest absolute Gasteiger partial charge is 0.377 e. The van der Waals surface area contributed by atoms with Gasteiger partial charge in [0.15, 0.2) is 0 Å². The Morgan fingerprint density at radius 1 is 1.07 bits per heavy atom. The Balaban J connectivity index is 2.42. The highest BCUT2D eigenvalue weighted by atomic mass is 16.5. The number of ether oxygens (including phenoxy) is 1. The van der Waals surface area contributed by atoms with Crippen LogP contribution in [0, 0.1) is 0 Å². The molecule has 1 aliphatic carbocycles. The first kappa shape index (κ1) is 12.0. The van der Waals surface area contributed by atoms with E-state index in [1.165, 1.54) is 38.5 Å². The molecule has 1 N–H and O–H groups in total. The average molecular weight is 199 g/mol. The lowest BCUT2D eigenvalue weighted by molar-refractivity contribution is 0.0213. The summed E-state index contributed by atoms with van der Waals surface area (Å²) in [5, 5.41) is 3.56. The lowest BCUT2D eigenvalue weighted by Crippen LogP contribution is -2.42. The van der Waals surface area contributed by atoms with Crippen molar-refractivity contribution in [3.8, 4) is 0 Å². The van der Waals surface area contributed by atoms with Crippen LogP contribution in [-0.4, -0.2) is 25.3 Å². The molecule has 1 fully saturated rings. The van der Waals surface area contributed by atoms with Crippen molar-refractivity contribution in [1.29, 1.82) is 0 Å². The Morgan fingerprint density at radius 2 is 1.79 bits per heavy atom. The van der Waals surface area contributed by atoms with E-state index in [4.69, 9.17) is 4.74 Å². The zero-order chi connectivity index (χ0) is 10.2. The van der Waals surface area contributed by atoms with E-state index in [0.29, 0.717) is 12.1 Å². The number of hydrogen-bond acceptors (Lipinski definition) is 2. The second-order valence-electron chi connectivity index (χ2n) is 4.15. The second-order valence-corrected chi connectivity index (χ2v) is 4.15. The molecule has 0 unspecified atom stereocenters. The van der Waals surface area contributed by atoms with Gasteiger partial charge in [0.2, 0.25) is 0 Å². The Labute approximate surface area is 88.4 Å². The highest BCUT2D eigenvalue weighted by Crippen LogP contribution is 2.20. The molecule has 0 bridgehead atoms. The second kappa shape index (κ2) is 7.24. The maximum atomic E-state index is 5.82. The molecule has 0 heterocycles. The molecule has 0 aliphatic heterocycles. The third kappa shape index (κ3) is 3.97. The fourth-order valence-electron chi connectivity index (χ4n) is 2.36. The third-order valence-corrected chi connectivity index (χ3v) is 3.05. The van der Waals surface area contributed by atoms with Crippen molar-refractivity contribution in [2.24, 2.45) is 0 Å². The van der Waals surface area contributed by atoms with Crippen molar-refractivity contribution in [2.45, 2.75) is 64.5 Å². The van der Waals surface area contributed by atoms with Gasteiger partial charge in [-0.25, -0.2) is 0 Å². The van der Waals surface area contributed by atoms with E-state index >= 15 is 0 Å². The first-order chi connectivity index (χ1) is 6.88. The Bertz CT molecular complexity index is 122. The predicted octanol–water partition coefficient (Wildman–Crippen LogP) is 2.72. The van der Waals surface area contributed by atoms with E-state index in [0.717, 1.165) is 13.2 Å². The topological polar surface area (TPSA) is 21.3 Å². The molecule has 2 atom stereocenters. The van der Waals surface area contributed by atoms with Gasteiger partial charge in [-0.05, 0) is 26.3 Å². The monoisotopic (exact) mass is 199 g/mol. The SMILES string of the molecule is CCN[C@@H]1CCCCCC[C@H]1OCC. The molecule has 0 aromatic heterocycles.